The largest absolute Gasteiger partial charge is 0.282 e. The number of nitrogens with zero attached hydrogens (tertiary/aromatic N) is 2. The van der Waals surface area contributed by atoms with Crippen LogP contribution in [-0.2, 0) is 0 Å². The van der Waals surface area contributed by atoms with Gasteiger partial charge >= 0.3 is 0 Å². The van der Waals surface area contributed by atoms with E-state index in [0.29, 0.717) is 0 Å². The molecule has 0 bridgehead atoms. The Kier molecular flexibility index (Phi) is 6.33. The van der Waals surface area contributed by atoms with Gasteiger partial charge in [-0.3, -0.25) is 4.90 Å². The predicted molar refractivity (Wildman–Crippen MR) is 52.0 cm³/mol. The molecule has 64 valence electrons. The van der Waals surface area contributed by atoms with Gasteiger partial charge in [-0.15, -0.1) is 0 Å². The summed E-state index contributed by atoms with van der Waals surface area (Å²) < 4.78 is 0. The number of thiocarbonyl (C=S) groups is 1. The smallest absolute Gasteiger partial charge is 0.112 e. The van der Waals surface area contributed by atoms with Gasteiger partial charge in [0.25, 0.3) is 0 Å². The van der Waals surface area contributed by atoms with E-state index in [0.717, 1.165) is 19.5 Å². The van der Waals surface area contributed by atoms with Crippen LogP contribution in [0, 0.1) is 0 Å². The van der Waals surface area contributed by atoms with Crippen molar-refractivity contribution in [3.05, 3.63) is 0 Å². The molecule has 0 N–H and O–H groups in total. The summed E-state index contributed by atoms with van der Waals surface area (Å²) >= 11 is 4.57. The fraction of sp³-hybridized carbons (Fsp3) is 0.875. The zero-order valence-corrected chi connectivity index (χ0v) is 8.32. The molecule has 0 aromatic rings. The third-order valence-electron chi connectivity index (χ3n) is 1.80. The molecule has 0 rings (SSSR count). The lowest BCUT2D eigenvalue weighted by Gasteiger charge is -2.23. The topological polar surface area (TPSA) is 15.6 Å². The molecule has 0 saturated carbocycles. The van der Waals surface area contributed by atoms with Crippen molar-refractivity contribution in [1.29, 1.82) is 0 Å². The SMILES string of the molecule is CC[C@H](N=C=S)N(CC)CC. The molecule has 0 aliphatic heterocycles. The number of aliphatic imine (C=N–C) groups is 1. The minimum absolute atomic E-state index is 0.238. The molecule has 0 radical (unpaired) electrons. The van der Waals surface area contributed by atoms with Crippen LogP contribution >= 0.6 is 12.2 Å². The maximum atomic E-state index is 4.57. The maximum absolute atomic E-state index is 4.57. The van der Waals surface area contributed by atoms with Gasteiger partial charge in [0.05, 0.1) is 5.16 Å². The lowest BCUT2D eigenvalue weighted by molar-refractivity contribution is 0.219. The molecule has 11 heavy (non-hydrogen) atoms. The van der Waals surface area contributed by atoms with Crippen LogP contribution in [-0.4, -0.2) is 29.3 Å². The molecule has 0 amide bonds. The Labute approximate surface area is 74.3 Å². The van der Waals surface area contributed by atoms with Gasteiger partial charge in [-0.2, -0.15) is 0 Å². The quantitative estimate of drug-likeness (QED) is 0.466. The highest BCUT2D eigenvalue weighted by atomic mass is 32.1. The Hall–Kier alpha value is -0.240. The summed E-state index contributed by atoms with van der Waals surface area (Å²) in [6.45, 7) is 8.42. The molecule has 0 saturated heterocycles. The molecule has 0 aliphatic carbocycles. The standard InChI is InChI=1S/C8H16N2S/c1-4-8(9-7-11)10(5-2)6-3/h8H,4-6H2,1-3H3/t8-/m1/s1. The molecular formula is C8H16N2S. The molecule has 0 aromatic heterocycles. The van der Waals surface area contributed by atoms with E-state index >= 15 is 0 Å². The summed E-state index contributed by atoms with van der Waals surface area (Å²) in [5.74, 6) is 0. The summed E-state index contributed by atoms with van der Waals surface area (Å²) in [4.78, 5) is 6.34. The summed E-state index contributed by atoms with van der Waals surface area (Å²) in [7, 11) is 0. The average molecular weight is 172 g/mol. The fourth-order valence-electron chi connectivity index (χ4n) is 1.14. The molecule has 0 spiro atoms. The summed E-state index contributed by atoms with van der Waals surface area (Å²) in [6, 6.07) is 0. The van der Waals surface area contributed by atoms with Crippen LogP contribution in [0.2, 0.25) is 0 Å². The Morgan fingerprint density at radius 3 is 2.18 bits per heavy atom. The monoisotopic (exact) mass is 172 g/mol. The second-order valence-electron chi connectivity index (χ2n) is 2.33. The molecule has 3 heteroatoms. The highest BCUT2D eigenvalue weighted by Gasteiger charge is 2.09. The Morgan fingerprint density at radius 1 is 1.36 bits per heavy atom. The van der Waals surface area contributed by atoms with E-state index in [2.05, 4.69) is 48.0 Å². The summed E-state index contributed by atoms with van der Waals surface area (Å²) in [5, 5.41) is 2.43. The lowest BCUT2D eigenvalue weighted by atomic mass is 10.3. The van der Waals surface area contributed by atoms with Gasteiger partial charge in [0.1, 0.15) is 6.17 Å². The summed E-state index contributed by atoms with van der Waals surface area (Å²) in [5.41, 5.74) is 0. The normalized spacial score (nSPS) is 12.7. The lowest BCUT2D eigenvalue weighted by Crippen LogP contribution is -2.32. The maximum Gasteiger partial charge on any atom is 0.112 e. The van der Waals surface area contributed by atoms with Crippen LogP contribution in [0.25, 0.3) is 0 Å². The second kappa shape index (κ2) is 6.47. The first-order chi connectivity index (χ1) is 5.29. The van der Waals surface area contributed by atoms with Crippen LogP contribution < -0.4 is 0 Å². The van der Waals surface area contributed by atoms with Crippen LogP contribution in [0.1, 0.15) is 27.2 Å². The van der Waals surface area contributed by atoms with Crippen LogP contribution in [0.4, 0.5) is 0 Å². The van der Waals surface area contributed by atoms with Gasteiger partial charge in [0, 0.05) is 0 Å². The van der Waals surface area contributed by atoms with Crippen LogP contribution in [0.15, 0.2) is 4.99 Å². The van der Waals surface area contributed by atoms with Crippen LogP contribution in [0.5, 0.6) is 0 Å². The predicted octanol–water partition coefficient (Wildman–Crippen LogP) is 2.17. The minimum atomic E-state index is 0.238. The molecule has 0 aromatic carbocycles. The van der Waals surface area contributed by atoms with E-state index in [-0.39, 0.29) is 6.17 Å². The Balaban J connectivity index is 4.08. The van der Waals surface area contributed by atoms with Gasteiger partial charge in [-0.25, -0.2) is 4.99 Å². The zero-order valence-electron chi connectivity index (χ0n) is 7.50. The van der Waals surface area contributed by atoms with Crippen molar-refractivity contribution in [2.45, 2.75) is 33.4 Å². The Bertz CT molecular complexity index is 137. The minimum Gasteiger partial charge on any atom is -0.282 e. The highest BCUT2D eigenvalue weighted by molar-refractivity contribution is 7.78. The van der Waals surface area contributed by atoms with E-state index < -0.39 is 0 Å². The van der Waals surface area contributed by atoms with E-state index in [1.54, 1.807) is 0 Å². The number of rotatable bonds is 5. The van der Waals surface area contributed by atoms with E-state index in [9.17, 15) is 0 Å². The average Bonchev–Trinajstić information content (AvgIpc) is 2.05. The zero-order chi connectivity index (χ0) is 8.69. The molecular weight excluding hydrogens is 156 g/mol. The Morgan fingerprint density at radius 2 is 1.91 bits per heavy atom. The highest BCUT2D eigenvalue weighted by Crippen LogP contribution is 2.03. The van der Waals surface area contributed by atoms with Crippen LogP contribution in [0.3, 0.4) is 0 Å². The summed E-state index contributed by atoms with van der Waals surface area (Å²) in [6.07, 6.45) is 1.24. The molecule has 0 fully saturated rings. The number of isothiocyanates is 1. The van der Waals surface area contributed by atoms with Crippen molar-refractivity contribution in [2.24, 2.45) is 4.99 Å². The van der Waals surface area contributed by atoms with Crippen molar-refractivity contribution >= 4 is 17.4 Å². The van der Waals surface area contributed by atoms with E-state index in [4.69, 9.17) is 0 Å². The fourth-order valence-corrected chi connectivity index (χ4v) is 1.26. The first-order valence-electron chi connectivity index (χ1n) is 4.11. The first-order valence-corrected chi connectivity index (χ1v) is 4.51. The van der Waals surface area contributed by atoms with Gasteiger partial charge in [0.15, 0.2) is 0 Å². The number of hydrogen-bond acceptors (Lipinski definition) is 3. The molecule has 1 atom stereocenters. The molecule has 0 heterocycles. The molecule has 0 aliphatic rings. The van der Waals surface area contributed by atoms with Crippen molar-refractivity contribution in [1.82, 2.24) is 4.90 Å². The van der Waals surface area contributed by atoms with Gasteiger partial charge < -0.3 is 0 Å². The van der Waals surface area contributed by atoms with E-state index in [1.807, 2.05) is 0 Å². The first kappa shape index (κ1) is 10.8. The molecule has 2 nitrogen and oxygen atoms in total. The van der Waals surface area contributed by atoms with Crippen molar-refractivity contribution < 1.29 is 0 Å². The third-order valence-corrected chi connectivity index (χ3v) is 1.91. The van der Waals surface area contributed by atoms with Gasteiger partial charge in [0.2, 0.25) is 0 Å². The van der Waals surface area contributed by atoms with Crippen molar-refractivity contribution in [2.75, 3.05) is 13.1 Å². The van der Waals surface area contributed by atoms with Gasteiger partial charge in [-0.1, -0.05) is 20.8 Å². The number of hydrogen-bond donors (Lipinski definition) is 0. The van der Waals surface area contributed by atoms with E-state index in [1.165, 1.54) is 0 Å². The molecule has 0 unspecified atom stereocenters. The van der Waals surface area contributed by atoms with Crippen molar-refractivity contribution in [3.8, 4) is 0 Å². The van der Waals surface area contributed by atoms with Crippen molar-refractivity contribution in [3.63, 3.8) is 0 Å². The third kappa shape index (κ3) is 3.61. The second-order valence-corrected chi connectivity index (χ2v) is 2.51. The van der Waals surface area contributed by atoms with Gasteiger partial charge in [-0.05, 0) is 31.7 Å².